The molecule has 7 heteroatoms. The van der Waals surface area contributed by atoms with Crippen molar-refractivity contribution in [1.29, 1.82) is 0 Å². The van der Waals surface area contributed by atoms with Crippen molar-refractivity contribution in [3.8, 4) is 16.9 Å². The Labute approximate surface area is 182 Å². The maximum absolute atomic E-state index is 10.5. The molecule has 31 heavy (non-hydrogen) atoms. The fraction of sp³-hybridized carbons (Fsp3) is 0.417. The summed E-state index contributed by atoms with van der Waals surface area (Å²) in [6.07, 6.45) is 2.95. The van der Waals surface area contributed by atoms with Gasteiger partial charge in [0.05, 0.1) is 25.6 Å². The number of benzene rings is 2. The van der Waals surface area contributed by atoms with Gasteiger partial charge in [-0.25, -0.2) is 0 Å². The Balaban J connectivity index is 1.19. The summed E-state index contributed by atoms with van der Waals surface area (Å²) in [6.45, 7) is 6.63. The topological polar surface area (TPSA) is 71.0 Å². The minimum atomic E-state index is -0.520. The summed E-state index contributed by atoms with van der Waals surface area (Å²) in [5.41, 5.74) is 2.11. The third kappa shape index (κ3) is 4.55. The molecule has 1 unspecified atom stereocenters. The second-order valence-corrected chi connectivity index (χ2v) is 8.27. The normalized spacial score (nSPS) is 19.3. The van der Waals surface area contributed by atoms with Gasteiger partial charge in [0, 0.05) is 49.7 Å². The Kier molecular flexibility index (Phi) is 6.08. The van der Waals surface area contributed by atoms with Gasteiger partial charge in [0.1, 0.15) is 18.5 Å². The van der Waals surface area contributed by atoms with Crippen molar-refractivity contribution in [3.05, 3.63) is 54.9 Å². The second-order valence-electron chi connectivity index (χ2n) is 8.27. The Hall–Kier alpha value is -2.58. The summed E-state index contributed by atoms with van der Waals surface area (Å²) in [7, 11) is 0. The zero-order valence-corrected chi connectivity index (χ0v) is 17.6. The largest absolute Gasteiger partial charge is 0.490 e. The molecule has 0 aliphatic carbocycles. The van der Waals surface area contributed by atoms with E-state index >= 15 is 0 Å². The zero-order valence-electron chi connectivity index (χ0n) is 17.6. The highest BCUT2D eigenvalue weighted by Gasteiger charge is 2.33. The predicted molar refractivity (Wildman–Crippen MR) is 119 cm³/mol. The van der Waals surface area contributed by atoms with Crippen LogP contribution in [0.2, 0.25) is 0 Å². The van der Waals surface area contributed by atoms with Gasteiger partial charge < -0.3 is 14.6 Å². The summed E-state index contributed by atoms with van der Waals surface area (Å²) >= 11 is 0. The molecule has 2 fully saturated rings. The first-order valence-corrected chi connectivity index (χ1v) is 10.9. The lowest BCUT2D eigenvalue weighted by Gasteiger charge is -2.47. The maximum atomic E-state index is 10.5. The molecule has 0 saturated carbocycles. The molecule has 3 heterocycles. The van der Waals surface area contributed by atoms with E-state index in [-0.39, 0.29) is 6.61 Å². The number of likely N-dealkylation sites (tertiary alicyclic amines) is 1. The molecule has 1 N–H and O–H groups in total. The first-order valence-electron chi connectivity index (χ1n) is 10.9. The van der Waals surface area contributed by atoms with Crippen LogP contribution < -0.4 is 4.74 Å². The van der Waals surface area contributed by atoms with E-state index in [9.17, 15) is 5.11 Å². The first kappa shape index (κ1) is 20.3. The van der Waals surface area contributed by atoms with Gasteiger partial charge in [-0.2, -0.15) is 10.2 Å². The van der Waals surface area contributed by atoms with Crippen LogP contribution in [0.5, 0.6) is 5.75 Å². The molecule has 3 aromatic rings. The maximum Gasteiger partial charge on any atom is 0.127 e. The third-order valence-corrected chi connectivity index (χ3v) is 6.18. The van der Waals surface area contributed by atoms with Crippen LogP contribution in [0.3, 0.4) is 0 Å². The predicted octanol–water partition coefficient (Wildman–Crippen LogP) is 2.05. The lowest BCUT2D eigenvalue weighted by molar-refractivity contribution is -0.0461. The number of hydrogen-bond donors (Lipinski definition) is 1. The van der Waals surface area contributed by atoms with Gasteiger partial charge in [0.2, 0.25) is 0 Å². The minimum Gasteiger partial charge on any atom is -0.490 e. The van der Waals surface area contributed by atoms with Crippen LogP contribution in [-0.4, -0.2) is 89.8 Å². The van der Waals surface area contributed by atoms with Crippen LogP contribution in [0.25, 0.3) is 21.9 Å². The number of rotatable bonds is 7. The Morgan fingerprint density at radius 2 is 1.84 bits per heavy atom. The minimum absolute atomic E-state index is 0.277. The first-order chi connectivity index (χ1) is 15.3. The molecule has 1 aromatic heterocycles. The molecule has 0 spiro atoms. The number of aliphatic hydroxyl groups excluding tert-OH is 1. The number of aromatic nitrogens is 2. The van der Waals surface area contributed by atoms with Gasteiger partial charge in [0.25, 0.3) is 0 Å². The van der Waals surface area contributed by atoms with Gasteiger partial charge in [-0.1, -0.05) is 24.3 Å². The molecular formula is C24H28N4O3. The quantitative estimate of drug-likeness (QED) is 0.627. The Bertz CT molecular complexity index is 1000. The summed E-state index contributed by atoms with van der Waals surface area (Å²) in [6, 6.07) is 14.7. The smallest absolute Gasteiger partial charge is 0.127 e. The molecule has 7 nitrogen and oxygen atoms in total. The Morgan fingerprint density at radius 3 is 2.61 bits per heavy atom. The summed E-state index contributed by atoms with van der Waals surface area (Å²) in [4.78, 5) is 4.79. The van der Waals surface area contributed by atoms with Crippen molar-refractivity contribution in [2.24, 2.45) is 0 Å². The number of morpholine rings is 1. The monoisotopic (exact) mass is 420 g/mol. The number of hydrogen-bond acceptors (Lipinski definition) is 7. The zero-order chi connectivity index (χ0) is 21.0. The molecule has 2 saturated heterocycles. The van der Waals surface area contributed by atoms with Crippen molar-refractivity contribution < 1.29 is 14.6 Å². The van der Waals surface area contributed by atoms with Crippen LogP contribution >= 0.6 is 0 Å². The van der Waals surface area contributed by atoms with Crippen LogP contribution in [0.4, 0.5) is 0 Å². The SMILES string of the molecule is OC(COc1ccc(-c2ccnnc2)c2ccccc12)CN1CC(N2CCOCC2)C1. The van der Waals surface area contributed by atoms with Gasteiger partial charge in [0.15, 0.2) is 0 Å². The molecule has 2 aromatic carbocycles. The number of nitrogens with zero attached hydrogens (tertiary/aromatic N) is 4. The van der Waals surface area contributed by atoms with Gasteiger partial charge in [-0.3, -0.25) is 9.80 Å². The lowest BCUT2D eigenvalue weighted by Crippen LogP contribution is -2.62. The van der Waals surface area contributed by atoms with E-state index in [4.69, 9.17) is 9.47 Å². The molecule has 162 valence electrons. The van der Waals surface area contributed by atoms with E-state index in [1.165, 1.54) is 0 Å². The van der Waals surface area contributed by atoms with Crippen molar-refractivity contribution in [2.45, 2.75) is 12.1 Å². The van der Waals surface area contributed by atoms with Gasteiger partial charge in [-0.05, 0) is 29.1 Å². The van der Waals surface area contributed by atoms with Crippen molar-refractivity contribution in [1.82, 2.24) is 20.0 Å². The van der Waals surface area contributed by atoms with Gasteiger partial charge in [-0.15, -0.1) is 0 Å². The van der Waals surface area contributed by atoms with E-state index in [2.05, 4.69) is 32.1 Å². The summed E-state index contributed by atoms with van der Waals surface area (Å²) < 4.78 is 11.5. The fourth-order valence-corrected chi connectivity index (χ4v) is 4.50. The van der Waals surface area contributed by atoms with Crippen LogP contribution in [0.1, 0.15) is 0 Å². The molecule has 2 aliphatic rings. The molecule has 0 amide bonds. The fourth-order valence-electron chi connectivity index (χ4n) is 4.50. The molecule has 0 radical (unpaired) electrons. The standard InChI is InChI=1S/C24H28N4O3/c29-20(16-27-14-19(15-27)28-9-11-30-12-10-28)17-31-24-6-5-21(18-7-8-25-26-13-18)22-3-1-2-4-23(22)24/h1-8,13,19-20,29H,9-12,14-17H2. The lowest BCUT2D eigenvalue weighted by atomic mass is 9.99. The molecular weight excluding hydrogens is 392 g/mol. The van der Waals surface area contributed by atoms with E-state index < -0.39 is 6.10 Å². The van der Waals surface area contributed by atoms with Crippen molar-refractivity contribution >= 4 is 10.8 Å². The summed E-state index contributed by atoms with van der Waals surface area (Å²) in [5.74, 6) is 0.787. The average molecular weight is 421 g/mol. The van der Waals surface area contributed by atoms with E-state index in [0.717, 1.165) is 67.0 Å². The average Bonchev–Trinajstić information content (AvgIpc) is 2.80. The molecule has 1 atom stereocenters. The van der Waals surface area contributed by atoms with Crippen molar-refractivity contribution in [2.75, 3.05) is 52.5 Å². The highest BCUT2D eigenvalue weighted by molar-refractivity contribution is 5.99. The molecule has 2 aliphatic heterocycles. The Morgan fingerprint density at radius 1 is 1.03 bits per heavy atom. The van der Waals surface area contributed by atoms with Crippen LogP contribution in [-0.2, 0) is 4.74 Å². The van der Waals surface area contributed by atoms with E-state index in [1.807, 2.05) is 30.3 Å². The van der Waals surface area contributed by atoms with E-state index in [1.54, 1.807) is 12.4 Å². The highest BCUT2D eigenvalue weighted by Crippen LogP contribution is 2.34. The second kappa shape index (κ2) is 9.28. The summed E-state index contributed by atoms with van der Waals surface area (Å²) in [5, 5.41) is 20.5. The van der Waals surface area contributed by atoms with Gasteiger partial charge >= 0.3 is 0 Å². The molecule has 0 bridgehead atoms. The van der Waals surface area contributed by atoms with E-state index in [0.29, 0.717) is 12.6 Å². The van der Waals surface area contributed by atoms with Crippen LogP contribution in [0, 0.1) is 0 Å². The number of ether oxygens (including phenoxy) is 2. The molecule has 5 rings (SSSR count). The number of fused-ring (bicyclic) bond motifs is 1. The van der Waals surface area contributed by atoms with Crippen LogP contribution in [0.15, 0.2) is 54.9 Å². The third-order valence-electron chi connectivity index (χ3n) is 6.18. The van der Waals surface area contributed by atoms with Crippen molar-refractivity contribution in [3.63, 3.8) is 0 Å². The number of aliphatic hydroxyl groups is 1. The number of β-amino-alcohol motifs (C(OH)–C–C–N with tert-alkyl or cyclic N) is 1. The highest BCUT2D eigenvalue weighted by atomic mass is 16.5.